The second kappa shape index (κ2) is 6.74. The Labute approximate surface area is 130 Å². The van der Waals surface area contributed by atoms with E-state index in [2.05, 4.69) is 11.0 Å². The fourth-order valence-electron chi connectivity index (χ4n) is 3.68. The first-order chi connectivity index (χ1) is 10.7. The molecule has 1 saturated carbocycles. The van der Waals surface area contributed by atoms with Crippen molar-refractivity contribution in [3.05, 3.63) is 35.1 Å². The van der Waals surface area contributed by atoms with Crippen LogP contribution in [0.2, 0.25) is 0 Å². The standard InChI is InChI=1S/C17H21FN2O2/c18-14-5-4-12(13(8-14)9-19)10-20-6-7-22-11-16(20)15-2-1-3-17(15)21/h4-5,8,15-17,21H,1-3,6-7,10-11H2. The number of nitrogens with zero attached hydrogens (tertiary/aromatic N) is 2. The van der Waals surface area contributed by atoms with E-state index in [-0.39, 0.29) is 23.9 Å². The maximum absolute atomic E-state index is 13.3. The van der Waals surface area contributed by atoms with Gasteiger partial charge < -0.3 is 9.84 Å². The second-order valence-corrected chi connectivity index (χ2v) is 6.19. The molecule has 1 aliphatic heterocycles. The van der Waals surface area contributed by atoms with Crippen LogP contribution in [0.1, 0.15) is 30.4 Å². The molecule has 4 nitrogen and oxygen atoms in total. The highest BCUT2D eigenvalue weighted by Crippen LogP contribution is 2.33. The molecular formula is C17H21FN2O2. The minimum absolute atomic E-state index is 0.169. The molecular weight excluding hydrogens is 283 g/mol. The highest BCUT2D eigenvalue weighted by Gasteiger charge is 2.37. The minimum Gasteiger partial charge on any atom is -0.393 e. The monoisotopic (exact) mass is 304 g/mol. The van der Waals surface area contributed by atoms with Gasteiger partial charge in [0.1, 0.15) is 5.82 Å². The third-order valence-corrected chi connectivity index (χ3v) is 4.87. The number of ether oxygens (including phenoxy) is 1. The molecule has 1 saturated heterocycles. The fourth-order valence-corrected chi connectivity index (χ4v) is 3.68. The third-order valence-electron chi connectivity index (χ3n) is 4.87. The number of halogens is 1. The van der Waals surface area contributed by atoms with E-state index in [1.54, 1.807) is 6.07 Å². The smallest absolute Gasteiger partial charge is 0.124 e. The number of hydrogen-bond donors (Lipinski definition) is 1. The Bertz CT molecular complexity index is 572. The van der Waals surface area contributed by atoms with Gasteiger partial charge in [-0.25, -0.2) is 4.39 Å². The average molecular weight is 304 g/mol. The molecule has 0 aromatic heterocycles. The van der Waals surface area contributed by atoms with E-state index in [1.807, 2.05) is 0 Å². The zero-order valence-electron chi connectivity index (χ0n) is 12.5. The molecule has 22 heavy (non-hydrogen) atoms. The lowest BCUT2D eigenvalue weighted by atomic mass is 9.93. The molecule has 2 fully saturated rings. The molecule has 3 atom stereocenters. The molecule has 0 bridgehead atoms. The van der Waals surface area contributed by atoms with Crippen molar-refractivity contribution in [1.29, 1.82) is 5.26 Å². The first kappa shape index (κ1) is 15.4. The van der Waals surface area contributed by atoms with E-state index in [0.717, 1.165) is 31.4 Å². The normalized spacial score (nSPS) is 29.4. The Morgan fingerprint density at radius 1 is 1.41 bits per heavy atom. The maximum atomic E-state index is 13.3. The van der Waals surface area contributed by atoms with Gasteiger partial charge in [-0.3, -0.25) is 4.90 Å². The summed E-state index contributed by atoms with van der Waals surface area (Å²) in [4.78, 5) is 2.27. The second-order valence-electron chi connectivity index (χ2n) is 6.19. The quantitative estimate of drug-likeness (QED) is 0.928. The Morgan fingerprint density at radius 2 is 2.27 bits per heavy atom. The molecule has 1 N–H and O–H groups in total. The lowest BCUT2D eigenvalue weighted by Crippen LogP contribution is -2.50. The van der Waals surface area contributed by atoms with Gasteiger partial charge in [-0.15, -0.1) is 0 Å². The number of morpholine rings is 1. The summed E-state index contributed by atoms with van der Waals surface area (Å²) in [6, 6.07) is 6.61. The number of rotatable bonds is 3. The highest BCUT2D eigenvalue weighted by atomic mass is 19.1. The van der Waals surface area contributed by atoms with Gasteiger partial charge in [0.15, 0.2) is 0 Å². The van der Waals surface area contributed by atoms with Crippen LogP contribution in [0.5, 0.6) is 0 Å². The van der Waals surface area contributed by atoms with Crippen molar-refractivity contribution in [1.82, 2.24) is 4.90 Å². The molecule has 1 aliphatic carbocycles. The Kier molecular flexibility index (Phi) is 4.72. The molecule has 0 spiro atoms. The zero-order valence-corrected chi connectivity index (χ0v) is 12.5. The SMILES string of the molecule is N#Cc1cc(F)ccc1CN1CCOCC1C1CCCC1O. The van der Waals surface area contributed by atoms with Crippen LogP contribution in [0.4, 0.5) is 4.39 Å². The van der Waals surface area contributed by atoms with Gasteiger partial charge in [-0.05, 0) is 30.5 Å². The first-order valence-electron chi connectivity index (χ1n) is 7.87. The summed E-state index contributed by atoms with van der Waals surface area (Å²) < 4.78 is 18.9. The van der Waals surface area contributed by atoms with Gasteiger partial charge in [-0.2, -0.15) is 5.26 Å². The summed E-state index contributed by atoms with van der Waals surface area (Å²) in [5, 5.41) is 19.4. The van der Waals surface area contributed by atoms with Crippen LogP contribution < -0.4 is 0 Å². The van der Waals surface area contributed by atoms with Gasteiger partial charge >= 0.3 is 0 Å². The summed E-state index contributed by atoms with van der Waals surface area (Å²) in [7, 11) is 0. The van der Waals surface area contributed by atoms with E-state index >= 15 is 0 Å². The van der Waals surface area contributed by atoms with E-state index in [0.29, 0.717) is 25.3 Å². The molecule has 3 unspecified atom stereocenters. The number of aliphatic hydroxyl groups is 1. The Morgan fingerprint density at radius 3 is 3.00 bits per heavy atom. The molecule has 0 radical (unpaired) electrons. The van der Waals surface area contributed by atoms with E-state index in [9.17, 15) is 14.8 Å². The van der Waals surface area contributed by atoms with Gasteiger partial charge in [0, 0.05) is 25.0 Å². The first-order valence-corrected chi connectivity index (χ1v) is 7.87. The lowest BCUT2D eigenvalue weighted by molar-refractivity contribution is -0.0536. The molecule has 118 valence electrons. The molecule has 1 heterocycles. The van der Waals surface area contributed by atoms with E-state index in [1.165, 1.54) is 12.1 Å². The third kappa shape index (κ3) is 3.14. The van der Waals surface area contributed by atoms with Crippen molar-refractivity contribution in [2.45, 2.75) is 38.0 Å². The molecule has 1 aromatic carbocycles. The van der Waals surface area contributed by atoms with Crippen molar-refractivity contribution in [3.63, 3.8) is 0 Å². The molecule has 2 aliphatic rings. The summed E-state index contributed by atoms with van der Waals surface area (Å²) in [5.41, 5.74) is 1.22. The van der Waals surface area contributed by atoms with Gasteiger partial charge in [0.05, 0.1) is 31.0 Å². The molecule has 1 aromatic rings. The van der Waals surface area contributed by atoms with Gasteiger partial charge in [-0.1, -0.05) is 12.5 Å². The van der Waals surface area contributed by atoms with Crippen LogP contribution in [0, 0.1) is 23.1 Å². The summed E-state index contributed by atoms with van der Waals surface area (Å²) >= 11 is 0. The molecule has 0 amide bonds. The topological polar surface area (TPSA) is 56.5 Å². The van der Waals surface area contributed by atoms with Crippen molar-refractivity contribution in [2.24, 2.45) is 5.92 Å². The Hall–Kier alpha value is -1.48. The number of aliphatic hydroxyl groups excluding tert-OH is 1. The largest absolute Gasteiger partial charge is 0.393 e. The lowest BCUT2D eigenvalue weighted by Gasteiger charge is -2.40. The average Bonchev–Trinajstić information content (AvgIpc) is 2.95. The van der Waals surface area contributed by atoms with Crippen LogP contribution >= 0.6 is 0 Å². The van der Waals surface area contributed by atoms with Crippen LogP contribution in [0.15, 0.2) is 18.2 Å². The highest BCUT2D eigenvalue weighted by molar-refractivity contribution is 5.37. The Balaban J connectivity index is 1.78. The van der Waals surface area contributed by atoms with Crippen LogP contribution in [0.25, 0.3) is 0 Å². The maximum Gasteiger partial charge on any atom is 0.124 e. The summed E-state index contributed by atoms with van der Waals surface area (Å²) in [5.74, 6) is -0.156. The van der Waals surface area contributed by atoms with Gasteiger partial charge in [0.2, 0.25) is 0 Å². The minimum atomic E-state index is -0.384. The van der Waals surface area contributed by atoms with Crippen molar-refractivity contribution < 1.29 is 14.2 Å². The van der Waals surface area contributed by atoms with Crippen molar-refractivity contribution in [2.75, 3.05) is 19.8 Å². The number of nitriles is 1. The van der Waals surface area contributed by atoms with E-state index < -0.39 is 0 Å². The zero-order chi connectivity index (χ0) is 15.5. The van der Waals surface area contributed by atoms with Crippen molar-refractivity contribution in [3.8, 4) is 6.07 Å². The van der Waals surface area contributed by atoms with Crippen LogP contribution in [-0.4, -0.2) is 41.9 Å². The fraction of sp³-hybridized carbons (Fsp3) is 0.588. The molecule has 5 heteroatoms. The predicted molar refractivity (Wildman–Crippen MR) is 79.5 cm³/mol. The van der Waals surface area contributed by atoms with Crippen LogP contribution in [0.3, 0.4) is 0 Å². The summed E-state index contributed by atoms with van der Waals surface area (Å²) in [6.45, 7) is 2.64. The number of benzene rings is 1. The predicted octanol–water partition coefficient (Wildman–Crippen LogP) is 2.06. The van der Waals surface area contributed by atoms with Crippen LogP contribution in [-0.2, 0) is 11.3 Å². The van der Waals surface area contributed by atoms with Gasteiger partial charge in [0.25, 0.3) is 0 Å². The summed E-state index contributed by atoms with van der Waals surface area (Å²) in [6.07, 6.45) is 2.66. The van der Waals surface area contributed by atoms with Crippen molar-refractivity contribution >= 4 is 0 Å². The van der Waals surface area contributed by atoms with E-state index in [4.69, 9.17) is 4.74 Å². The molecule has 3 rings (SSSR count). The number of hydrogen-bond acceptors (Lipinski definition) is 4.